The summed E-state index contributed by atoms with van der Waals surface area (Å²) in [5.74, 6) is 0.728. The Hall–Kier alpha value is -0.900. The number of rotatable bonds is 3. The van der Waals surface area contributed by atoms with Crippen LogP contribution in [0.1, 0.15) is 44.2 Å². The molecular formula is C20H33N3. The lowest BCUT2D eigenvalue weighted by atomic mass is 9.98. The van der Waals surface area contributed by atoms with Crippen molar-refractivity contribution in [2.45, 2.75) is 45.6 Å². The van der Waals surface area contributed by atoms with E-state index in [1.54, 1.807) is 0 Å². The number of hydrogen-bond acceptors (Lipinski definition) is 3. The molecule has 0 aromatic heterocycles. The number of benzene rings is 1. The zero-order valence-corrected chi connectivity index (χ0v) is 15.4. The maximum Gasteiger partial charge on any atom is 0.0507 e. The monoisotopic (exact) mass is 315 g/mol. The summed E-state index contributed by atoms with van der Waals surface area (Å²) in [5.41, 5.74) is 3.20. The first-order valence-corrected chi connectivity index (χ1v) is 9.18. The predicted molar refractivity (Wildman–Crippen MR) is 97.9 cm³/mol. The second-order valence-electron chi connectivity index (χ2n) is 8.39. The minimum Gasteiger partial charge on any atom is -0.296 e. The van der Waals surface area contributed by atoms with E-state index in [1.807, 2.05) is 0 Å². The van der Waals surface area contributed by atoms with Gasteiger partial charge in [0.05, 0.1) is 6.67 Å². The molecule has 0 N–H and O–H groups in total. The van der Waals surface area contributed by atoms with Gasteiger partial charge in [-0.25, -0.2) is 0 Å². The molecule has 0 saturated carbocycles. The highest BCUT2D eigenvalue weighted by atomic mass is 15.4. The van der Waals surface area contributed by atoms with Crippen LogP contribution < -0.4 is 0 Å². The first kappa shape index (κ1) is 16.9. The molecule has 1 aromatic carbocycles. The van der Waals surface area contributed by atoms with Crippen LogP contribution in [0.25, 0.3) is 0 Å². The topological polar surface area (TPSA) is 9.72 Å². The van der Waals surface area contributed by atoms with E-state index in [9.17, 15) is 0 Å². The summed E-state index contributed by atoms with van der Waals surface area (Å²) in [4.78, 5) is 7.90. The predicted octanol–water partition coefficient (Wildman–Crippen LogP) is 3.16. The van der Waals surface area contributed by atoms with Crippen molar-refractivity contribution < 1.29 is 0 Å². The molecule has 3 rings (SSSR count). The quantitative estimate of drug-likeness (QED) is 0.848. The van der Waals surface area contributed by atoms with Crippen molar-refractivity contribution in [3.05, 3.63) is 35.4 Å². The van der Waals surface area contributed by atoms with Crippen LogP contribution in [0.4, 0.5) is 0 Å². The Bertz CT molecular complexity index is 495. The third-order valence-corrected chi connectivity index (χ3v) is 5.54. The number of nitrogens with zero attached hydrogens (tertiary/aromatic N) is 3. The minimum absolute atomic E-state index is 0.316. The molecule has 128 valence electrons. The fourth-order valence-electron chi connectivity index (χ4n) is 3.91. The molecule has 2 fully saturated rings. The van der Waals surface area contributed by atoms with Gasteiger partial charge in [-0.15, -0.1) is 0 Å². The summed E-state index contributed by atoms with van der Waals surface area (Å²) in [5, 5.41) is 0. The van der Waals surface area contributed by atoms with Gasteiger partial charge in [-0.3, -0.25) is 14.7 Å². The zero-order chi connectivity index (χ0) is 16.4. The third-order valence-electron chi connectivity index (χ3n) is 5.54. The Morgan fingerprint density at radius 2 is 1.57 bits per heavy atom. The Morgan fingerprint density at radius 1 is 0.913 bits per heavy atom. The minimum atomic E-state index is 0.316. The van der Waals surface area contributed by atoms with Gasteiger partial charge in [-0.05, 0) is 45.6 Å². The molecule has 2 heterocycles. The zero-order valence-electron chi connectivity index (χ0n) is 15.4. The van der Waals surface area contributed by atoms with Gasteiger partial charge in [-0.2, -0.15) is 0 Å². The van der Waals surface area contributed by atoms with Crippen LogP contribution in [0.15, 0.2) is 24.3 Å². The van der Waals surface area contributed by atoms with Crippen molar-refractivity contribution in [3.8, 4) is 0 Å². The normalized spacial score (nSPS) is 25.1. The SMILES string of the molecule is Cc1ccc(C2CCN(CN3CCN(C(C)(C)C)CC3)C2)cc1. The van der Waals surface area contributed by atoms with Crippen LogP contribution in [0.3, 0.4) is 0 Å². The Balaban J connectivity index is 1.47. The Labute approximate surface area is 142 Å². The number of likely N-dealkylation sites (tertiary alicyclic amines) is 1. The van der Waals surface area contributed by atoms with Crippen molar-refractivity contribution in [2.24, 2.45) is 0 Å². The summed E-state index contributed by atoms with van der Waals surface area (Å²) in [6, 6.07) is 9.16. The lowest BCUT2D eigenvalue weighted by molar-refractivity contribution is 0.0380. The summed E-state index contributed by atoms with van der Waals surface area (Å²) in [7, 11) is 0. The Kier molecular flexibility index (Phi) is 5.10. The molecule has 2 aliphatic rings. The van der Waals surface area contributed by atoms with E-state index in [-0.39, 0.29) is 0 Å². The van der Waals surface area contributed by atoms with Gasteiger partial charge in [0.2, 0.25) is 0 Å². The fraction of sp³-hybridized carbons (Fsp3) is 0.700. The summed E-state index contributed by atoms with van der Waals surface area (Å²) < 4.78 is 0. The van der Waals surface area contributed by atoms with Gasteiger partial charge in [-0.1, -0.05) is 29.8 Å². The molecule has 1 unspecified atom stereocenters. The van der Waals surface area contributed by atoms with Crippen molar-refractivity contribution >= 4 is 0 Å². The second kappa shape index (κ2) is 6.92. The maximum absolute atomic E-state index is 2.65. The van der Waals surface area contributed by atoms with E-state index >= 15 is 0 Å². The third kappa shape index (κ3) is 4.34. The smallest absolute Gasteiger partial charge is 0.0507 e. The Morgan fingerprint density at radius 3 is 2.17 bits per heavy atom. The van der Waals surface area contributed by atoms with Gasteiger partial charge < -0.3 is 0 Å². The van der Waals surface area contributed by atoms with Gasteiger partial charge in [0.25, 0.3) is 0 Å². The van der Waals surface area contributed by atoms with Crippen LogP contribution >= 0.6 is 0 Å². The number of piperazine rings is 1. The molecule has 3 nitrogen and oxygen atoms in total. The van der Waals surface area contributed by atoms with Gasteiger partial charge in [0.15, 0.2) is 0 Å². The molecule has 0 amide bonds. The largest absolute Gasteiger partial charge is 0.296 e. The molecular weight excluding hydrogens is 282 g/mol. The molecule has 0 radical (unpaired) electrons. The van der Waals surface area contributed by atoms with Gasteiger partial charge >= 0.3 is 0 Å². The van der Waals surface area contributed by atoms with Crippen molar-refractivity contribution in [1.82, 2.24) is 14.7 Å². The lowest BCUT2D eigenvalue weighted by Gasteiger charge is -2.43. The van der Waals surface area contributed by atoms with Crippen LogP contribution in [0, 0.1) is 6.92 Å². The average molecular weight is 316 g/mol. The maximum atomic E-state index is 2.65. The average Bonchev–Trinajstić information content (AvgIpc) is 2.96. The van der Waals surface area contributed by atoms with E-state index < -0.39 is 0 Å². The molecule has 1 atom stereocenters. The first-order valence-electron chi connectivity index (χ1n) is 9.18. The highest BCUT2D eigenvalue weighted by Crippen LogP contribution is 2.27. The lowest BCUT2D eigenvalue weighted by Crippen LogP contribution is -2.55. The van der Waals surface area contributed by atoms with Crippen molar-refractivity contribution in [1.29, 1.82) is 0 Å². The van der Waals surface area contributed by atoms with Crippen molar-refractivity contribution in [3.63, 3.8) is 0 Å². The summed E-state index contributed by atoms with van der Waals surface area (Å²) in [6.45, 7) is 17.6. The first-order chi connectivity index (χ1) is 10.9. The van der Waals surface area contributed by atoms with E-state index in [2.05, 4.69) is 66.7 Å². The van der Waals surface area contributed by atoms with Crippen LogP contribution in [0.5, 0.6) is 0 Å². The molecule has 23 heavy (non-hydrogen) atoms. The highest BCUT2D eigenvalue weighted by molar-refractivity contribution is 5.25. The summed E-state index contributed by atoms with van der Waals surface area (Å²) in [6.07, 6.45) is 1.31. The number of aryl methyl sites for hydroxylation is 1. The van der Waals surface area contributed by atoms with E-state index in [1.165, 1.54) is 56.8 Å². The second-order valence-corrected chi connectivity index (χ2v) is 8.39. The van der Waals surface area contributed by atoms with Crippen LogP contribution in [0.2, 0.25) is 0 Å². The van der Waals surface area contributed by atoms with E-state index in [0.29, 0.717) is 5.54 Å². The van der Waals surface area contributed by atoms with E-state index in [0.717, 1.165) is 12.6 Å². The van der Waals surface area contributed by atoms with Gasteiger partial charge in [0.1, 0.15) is 0 Å². The fourth-order valence-corrected chi connectivity index (χ4v) is 3.91. The molecule has 2 aliphatic heterocycles. The standard InChI is InChI=1S/C20H33N3/c1-17-5-7-18(8-6-17)19-9-10-22(15-19)16-21-11-13-23(14-12-21)20(2,3)4/h5-8,19H,9-16H2,1-4H3. The summed E-state index contributed by atoms with van der Waals surface area (Å²) >= 11 is 0. The molecule has 0 bridgehead atoms. The van der Waals surface area contributed by atoms with Crippen LogP contribution in [-0.4, -0.2) is 66.2 Å². The van der Waals surface area contributed by atoms with Gasteiger partial charge in [0, 0.05) is 44.8 Å². The van der Waals surface area contributed by atoms with E-state index in [4.69, 9.17) is 0 Å². The molecule has 2 saturated heterocycles. The molecule has 0 spiro atoms. The molecule has 0 aliphatic carbocycles. The molecule has 1 aromatic rings. The van der Waals surface area contributed by atoms with Crippen molar-refractivity contribution in [2.75, 3.05) is 45.9 Å². The molecule has 3 heteroatoms. The van der Waals surface area contributed by atoms with Crippen LogP contribution in [-0.2, 0) is 0 Å². The number of hydrogen-bond donors (Lipinski definition) is 0. The highest BCUT2D eigenvalue weighted by Gasteiger charge is 2.29.